The van der Waals surface area contributed by atoms with E-state index in [1.54, 1.807) is 26.2 Å². The number of nitrogens with zero attached hydrogens (tertiary/aromatic N) is 2. The first kappa shape index (κ1) is 8.14. The second-order valence-electron chi connectivity index (χ2n) is 3.08. The monoisotopic (exact) mass is 152 g/mol. The maximum absolute atomic E-state index is 9.50. The Morgan fingerprint density at radius 3 is 2.09 bits per heavy atom. The third-order valence-electron chi connectivity index (χ3n) is 1.49. The zero-order valence-corrected chi connectivity index (χ0v) is 7.00. The van der Waals surface area contributed by atoms with Crippen LogP contribution in [-0.2, 0) is 5.60 Å². The van der Waals surface area contributed by atoms with E-state index >= 15 is 0 Å². The fraction of sp³-hybridized carbons (Fsp3) is 0.500. The topological polar surface area (TPSA) is 46.0 Å². The standard InChI is InChI=1S/C8H12N2O/c1-6-9-4-7(5-10-6)8(2,3)11/h4-5,11H,1-3H3. The number of rotatable bonds is 1. The molecule has 0 unspecified atom stereocenters. The van der Waals surface area contributed by atoms with Crippen molar-refractivity contribution in [1.82, 2.24) is 9.97 Å². The Hall–Kier alpha value is -0.960. The second kappa shape index (κ2) is 2.58. The maximum atomic E-state index is 9.50. The predicted octanol–water partition coefficient (Wildman–Crippen LogP) is 1.01. The minimum atomic E-state index is -0.840. The van der Waals surface area contributed by atoms with Crippen LogP contribution in [0.5, 0.6) is 0 Å². The number of hydrogen-bond donors (Lipinski definition) is 1. The van der Waals surface area contributed by atoms with E-state index < -0.39 is 5.60 Å². The van der Waals surface area contributed by atoms with Gasteiger partial charge in [0.25, 0.3) is 0 Å². The summed E-state index contributed by atoms with van der Waals surface area (Å²) in [6, 6.07) is 0. The van der Waals surface area contributed by atoms with Crippen LogP contribution in [-0.4, -0.2) is 15.1 Å². The Morgan fingerprint density at radius 1 is 1.27 bits per heavy atom. The van der Waals surface area contributed by atoms with Gasteiger partial charge < -0.3 is 5.11 Å². The van der Waals surface area contributed by atoms with Gasteiger partial charge in [0.1, 0.15) is 5.82 Å². The molecule has 0 atom stereocenters. The van der Waals surface area contributed by atoms with Crippen molar-refractivity contribution in [2.24, 2.45) is 0 Å². The Balaban J connectivity index is 2.99. The number of hydrogen-bond acceptors (Lipinski definition) is 3. The van der Waals surface area contributed by atoms with Crippen molar-refractivity contribution < 1.29 is 5.11 Å². The predicted molar refractivity (Wildman–Crippen MR) is 42.0 cm³/mol. The Morgan fingerprint density at radius 2 is 1.73 bits per heavy atom. The van der Waals surface area contributed by atoms with Crippen molar-refractivity contribution in [3.05, 3.63) is 23.8 Å². The lowest BCUT2D eigenvalue weighted by Gasteiger charge is -2.15. The van der Waals surface area contributed by atoms with Gasteiger partial charge in [-0.05, 0) is 20.8 Å². The molecule has 3 heteroatoms. The van der Waals surface area contributed by atoms with E-state index in [-0.39, 0.29) is 0 Å². The second-order valence-corrected chi connectivity index (χ2v) is 3.08. The summed E-state index contributed by atoms with van der Waals surface area (Å²) in [6.45, 7) is 5.23. The van der Waals surface area contributed by atoms with E-state index in [9.17, 15) is 5.11 Å². The van der Waals surface area contributed by atoms with E-state index in [0.29, 0.717) is 0 Å². The van der Waals surface area contributed by atoms with Crippen molar-refractivity contribution in [1.29, 1.82) is 0 Å². The molecule has 0 amide bonds. The summed E-state index contributed by atoms with van der Waals surface area (Å²) in [6.07, 6.45) is 3.28. The van der Waals surface area contributed by atoms with Gasteiger partial charge in [0.2, 0.25) is 0 Å². The van der Waals surface area contributed by atoms with Crippen LogP contribution in [0.15, 0.2) is 12.4 Å². The molecule has 1 aromatic rings. The van der Waals surface area contributed by atoms with Gasteiger partial charge in [-0.15, -0.1) is 0 Å². The summed E-state index contributed by atoms with van der Waals surface area (Å²) in [5.41, 5.74) is -0.101. The molecule has 1 rings (SSSR count). The smallest absolute Gasteiger partial charge is 0.125 e. The van der Waals surface area contributed by atoms with Gasteiger partial charge in [-0.2, -0.15) is 0 Å². The van der Waals surface area contributed by atoms with E-state index in [0.717, 1.165) is 11.4 Å². The average Bonchev–Trinajstić information content (AvgIpc) is 1.86. The molecule has 1 heterocycles. The van der Waals surface area contributed by atoms with E-state index in [1.807, 2.05) is 6.92 Å². The molecule has 11 heavy (non-hydrogen) atoms. The molecule has 0 aromatic carbocycles. The van der Waals surface area contributed by atoms with Crippen LogP contribution in [0.2, 0.25) is 0 Å². The molecule has 0 fully saturated rings. The molecule has 1 N–H and O–H groups in total. The van der Waals surface area contributed by atoms with E-state index in [2.05, 4.69) is 9.97 Å². The zero-order valence-electron chi connectivity index (χ0n) is 7.00. The van der Waals surface area contributed by atoms with Gasteiger partial charge in [0, 0.05) is 18.0 Å². The van der Waals surface area contributed by atoms with Crippen LogP contribution in [0.25, 0.3) is 0 Å². The normalized spacial score (nSPS) is 11.6. The zero-order chi connectivity index (χ0) is 8.48. The van der Waals surface area contributed by atoms with Crippen LogP contribution in [0.1, 0.15) is 25.2 Å². The minimum absolute atomic E-state index is 0.720. The highest BCUT2D eigenvalue weighted by Gasteiger charge is 2.15. The van der Waals surface area contributed by atoms with Crippen molar-refractivity contribution in [3.8, 4) is 0 Å². The lowest BCUT2D eigenvalue weighted by Crippen LogP contribution is -2.16. The van der Waals surface area contributed by atoms with Crippen LogP contribution >= 0.6 is 0 Å². The fourth-order valence-corrected chi connectivity index (χ4v) is 0.709. The highest BCUT2D eigenvalue weighted by Crippen LogP contribution is 2.16. The lowest BCUT2D eigenvalue weighted by molar-refractivity contribution is 0.0778. The SMILES string of the molecule is Cc1ncc(C(C)(C)O)cn1. The van der Waals surface area contributed by atoms with Crippen molar-refractivity contribution in [2.45, 2.75) is 26.4 Å². The third kappa shape index (κ3) is 1.98. The Bertz CT molecular complexity index is 235. The van der Waals surface area contributed by atoms with Crippen LogP contribution in [0, 0.1) is 6.92 Å². The molecular weight excluding hydrogens is 140 g/mol. The molecule has 0 aliphatic rings. The molecule has 0 saturated carbocycles. The first-order chi connectivity index (χ1) is 5.00. The van der Waals surface area contributed by atoms with E-state index in [1.165, 1.54) is 0 Å². The number of aliphatic hydroxyl groups is 1. The van der Waals surface area contributed by atoms with Gasteiger partial charge >= 0.3 is 0 Å². The average molecular weight is 152 g/mol. The third-order valence-corrected chi connectivity index (χ3v) is 1.49. The molecule has 0 saturated heterocycles. The highest BCUT2D eigenvalue weighted by molar-refractivity contribution is 5.12. The van der Waals surface area contributed by atoms with Crippen molar-refractivity contribution >= 4 is 0 Å². The molecule has 0 aliphatic carbocycles. The highest BCUT2D eigenvalue weighted by atomic mass is 16.3. The Kier molecular flexibility index (Phi) is 1.91. The summed E-state index contributed by atoms with van der Waals surface area (Å²) in [5.74, 6) is 0.720. The summed E-state index contributed by atoms with van der Waals surface area (Å²) in [7, 11) is 0. The number of aryl methyl sites for hydroxylation is 1. The van der Waals surface area contributed by atoms with Crippen LogP contribution in [0.4, 0.5) is 0 Å². The molecule has 60 valence electrons. The van der Waals surface area contributed by atoms with Crippen LogP contribution in [0.3, 0.4) is 0 Å². The largest absolute Gasteiger partial charge is 0.386 e. The van der Waals surface area contributed by atoms with E-state index in [4.69, 9.17) is 0 Å². The van der Waals surface area contributed by atoms with Gasteiger partial charge in [-0.3, -0.25) is 0 Å². The quantitative estimate of drug-likeness (QED) is 0.653. The first-order valence-electron chi connectivity index (χ1n) is 3.51. The van der Waals surface area contributed by atoms with Gasteiger partial charge in [-0.1, -0.05) is 0 Å². The van der Waals surface area contributed by atoms with Gasteiger partial charge in [0.05, 0.1) is 5.60 Å². The summed E-state index contributed by atoms with van der Waals surface area (Å²) in [5, 5.41) is 9.50. The molecule has 0 spiro atoms. The summed E-state index contributed by atoms with van der Waals surface area (Å²) >= 11 is 0. The first-order valence-corrected chi connectivity index (χ1v) is 3.51. The molecule has 0 bridgehead atoms. The Labute approximate surface area is 66.1 Å². The molecule has 0 radical (unpaired) electrons. The molecule has 0 aliphatic heterocycles. The lowest BCUT2D eigenvalue weighted by atomic mass is 10.0. The van der Waals surface area contributed by atoms with Gasteiger partial charge in [-0.25, -0.2) is 9.97 Å². The fourth-order valence-electron chi connectivity index (χ4n) is 0.709. The van der Waals surface area contributed by atoms with Gasteiger partial charge in [0.15, 0.2) is 0 Å². The maximum Gasteiger partial charge on any atom is 0.125 e. The minimum Gasteiger partial charge on any atom is -0.386 e. The molecule has 1 aromatic heterocycles. The summed E-state index contributed by atoms with van der Waals surface area (Å²) in [4.78, 5) is 7.95. The molecular formula is C8H12N2O. The summed E-state index contributed by atoms with van der Waals surface area (Å²) < 4.78 is 0. The molecule has 3 nitrogen and oxygen atoms in total. The van der Waals surface area contributed by atoms with Crippen LogP contribution < -0.4 is 0 Å². The van der Waals surface area contributed by atoms with Crippen molar-refractivity contribution in [3.63, 3.8) is 0 Å². The van der Waals surface area contributed by atoms with Crippen molar-refractivity contribution in [2.75, 3.05) is 0 Å². The number of aromatic nitrogens is 2.